The summed E-state index contributed by atoms with van der Waals surface area (Å²) in [5.74, 6) is 0.294. The lowest BCUT2D eigenvalue weighted by molar-refractivity contribution is -0.118. The minimum Gasteiger partial charge on any atom is -0.497 e. The number of rotatable bonds is 9. The number of carbonyl (C=O) groups is 1. The number of methoxy groups -OCH3 is 1. The van der Waals surface area contributed by atoms with Crippen LogP contribution in [0.1, 0.15) is 29.5 Å². The molecule has 2 aromatic heterocycles. The molecule has 0 N–H and O–H groups in total. The predicted molar refractivity (Wildman–Crippen MR) is 139 cm³/mol. The van der Waals surface area contributed by atoms with Crippen molar-refractivity contribution in [2.24, 2.45) is 0 Å². The van der Waals surface area contributed by atoms with Crippen LogP contribution in [0.5, 0.6) is 5.75 Å². The number of thiazole rings is 1. The Morgan fingerprint density at radius 1 is 1.11 bits per heavy atom. The van der Waals surface area contributed by atoms with E-state index in [1.807, 2.05) is 26.0 Å². The molecule has 0 bridgehead atoms. The van der Waals surface area contributed by atoms with Crippen LogP contribution in [0.4, 0.5) is 5.13 Å². The van der Waals surface area contributed by atoms with Crippen LogP contribution in [0.15, 0.2) is 65.8 Å². The lowest BCUT2D eigenvalue weighted by Crippen LogP contribution is -2.30. The standard InChI is InChI=1S/C26H27N3O4S2/c1-18-14-19(2)25-23(15-18)34-26(28-25)29(17-20-6-4-12-27-16-20)24(30)7-5-13-35(31,32)22-10-8-21(33-3)9-11-22/h4,6,8-12,14-16H,5,7,13,17H2,1-3H3. The Morgan fingerprint density at radius 3 is 2.57 bits per heavy atom. The lowest BCUT2D eigenvalue weighted by atomic mass is 10.1. The molecule has 0 atom stereocenters. The number of benzene rings is 2. The van der Waals surface area contributed by atoms with Gasteiger partial charge in [-0.15, -0.1) is 0 Å². The summed E-state index contributed by atoms with van der Waals surface area (Å²) in [4.78, 5) is 24.1. The molecule has 0 unspecified atom stereocenters. The van der Waals surface area contributed by atoms with Crippen molar-refractivity contribution in [2.45, 2.75) is 38.1 Å². The van der Waals surface area contributed by atoms with Crippen molar-refractivity contribution in [1.29, 1.82) is 0 Å². The second-order valence-electron chi connectivity index (χ2n) is 8.36. The quantitative estimate of drug-likeness (QED) is 0.312. The van der Waals surface area contributed by atoms with Crippen LogP contribution < -0.4 is 9.64 Å². The van der Waals surface area contributed by atoms with Gasteiger partial charge in [-0.25, -0.2) is 13.4 Å². The summed E-state index contributed by atoms with van der Waals surface area (Å²) in [6, 6.07) is 14.2. The number of ether oxygens (including phenoxy) is 1. The number of fused-ring (bicyclic) bond motifs is 1. The molecular formula is C26H27N3O4S2. The molecule has 2 heterocycles. The van der Waals surface area contributed by atoms with Crippen molar-refractivity contribution in [3.63, 3.8) is 0 Å². The van der Waals surface area contributed by atoms with E-state index in [9.17, 15) is 13.2 Å². The van der Waals surface area contributed by atoms with Crippen LogP contribution >= 0.6 is 11.3 Å². The van der Waals surface area contributed by atoms with Crippen LogP contribution in [0.25, 0.3) is 10.2 Å². The van der Waals surface area contributed by atoms with Gasteiger partial charge in [0.15, 0.2) is 15.0 Å². The van der Waals surface area contributed by atoms with Gasteiger partial charge in [-0.3, -0.25) is 14.7 Å². The molecule has 0 spiro atoms. The van der Waals surface area contributed by atoms with Crippen LogP contribution in [0.3, 0.4) is 0 Å². The summed E-state index contributed by atoms with van der Waals surface area (Å²) < 4.78 is 31.6. The fraction of sp³-hybridized carbons (Fsp3) is 0.269. The number of hydrogen-bond acceptors (Lipinski definition) is 7. The number of anilines is 1. The zero-order valence-corrected chi connectivity index (χ0v) is 21.5. The van der Waals surface area contributed by atoms with Gasteiger partial charge in [-0.2, -0.15) is 0 Å². The molecule has 1 amide bonds. The molecule has 9 heteroatoms. The second-order valence-corrected chi connectivity index (χ2v) is 11.5. The molecule has 2 aromatic carbocycles. The van der Waals surface area contributed by atoms with Gasteiger partial charge in [0, 0.05) is 18.8 Å². The maximum absolute atomic E-state index is 13.3. The lowest BCUT2D eigenvalue weighted by Gasteiger charge is -2.20. The van der Waals surface area contributed by atoms with Crippen LogP contribution in [-0.2, 0) is 21.2 Å². The highest BCUT2D eigenvalue weighted by atomic mass is 32.2. The van der Waals surface area contributed by atoms with E-state index >= 15 is 0 Å². The zero-order valence-electron chi connectivity index (χ0n) is 19.9. The average Bonchev–Trinajstić information content (AvgIpc) is 3.27. The second kappa shape index (κ2) is 10.5. The predicted octanol–water partition coefficient (Wildman–Crippen LogP) is 5.10. The van der Waals surface area contributed by atoms with Gasteiger partial charge in [0.05, 0.1) is 34.5 Å². The van der Waals surface area contributed by atoms with Crippen molar-refractivity contribution in [1.82, 2.24) is 9.97 Å². The number of sulfone groups is 1. The molecule has 0 fully saturated rings. The van der Waals surface area contributed by atoms with Gasteiger partial charge < -0.3 is 4.74 Å². The molecule has 182 valence electrons. The fourth-order valence-electron chi connectivity index (χ4n) is 3.86. The molecule has 35 heavy (non-hydrogen) atoms. The number of pyridine rings is 1. The molecule has 0 aliphatic carbocycles. The van der Waals surface area contributed by atoms with Crippen LogP contribution in [0, 0.1) is 13.8 Å². The van der Waals surface area contributed by atoms with E-state index in [0.29, 0.717) is 17.4 Å². The Balaban J connectivity index is 1.53. The number of aryl methyl sites for hydroxylation is 2. The summed E-state index contributed by atoms with van der Waals surface area (Å²) in [5.41, 5.74) is 3.95. The largest absolute Gasteiger partial charge is 0.497 e. The normalized spacial score (nSPS) is 11.5. The van der Waals surface area contributed by atoms with Crippen LogP contribution in [-0.4, -0.2) is 37.2 Å². The van der Waals surface area contributed by atoms with Gasteiger partial charge in [0.1, 0.15) is 5.75 Å². The minimum atomic E-state index is -3.51. The molecule has 0 saturated heterocycles. The molecule has 4 aromatic rings. The van der Waals surface area contributed by atoms with Gasteiger partial charge in [-0.05, 0) is 73.4 Å². The van der Waals surface area contributed by atoms with Crippen molar-refractivity contribution < 1.29 is 17.9 Å². The van der Waals surface area contributed by atoms with E-state index in [4.69, 9.17) is 9.72 Å². The molecular weight excluding hydrogens is 482 g/mol. The third-order valence-corrected chi connectivity index (χ3v) is 8.48. The Hall–Kier alpha value is -3.30. The maximum atomic E-state index is 13.3. The Bertz CT molecular complexity index is 1430. The molecule has 0 saturated carbocycles. The van der Waals surface area contributed by atoms with Crippen molar-refractivity contribution >= 4 is 42.4 Å². The number of hydrogen-bond donors (Lipinski definition) is 0. The summed E-state index contributed by atoms with van der Waals surface area (Å²) >= 11 is 1.46. The third-order valence-electron chi connectivity index (χ3n) is 5.64. The van der Waals surface area contributed by atoms with Gasteiger partial charge in [-0.1, -0.05) is 23.5 Å². The molecule has 0 aliphatic heterocycles. The Morgan fingerprint density at radius 2 is 1.89 bits per heavy atom. The highest BCUT2D eigenvalue weighted by molar-refractivity contribution is 7.91. The third kappa shape index (κ3) is 5.86. The topological polar surface area (TPSA) is 89.5 Å². The number of carbonyl (C=O) groups excluding carboxylic acids is 1. The van der Waals surface area contributed by atoms with Crippen molar-refractivity contribution in [3.8, 4) is 5.75 Å². The first-order chi connectivity index (χ1) is 16.8. The monoisotopic (exact) mass is 509 g/mol. The zero-order chi connectivity index (χ0) is 25.0. The van der Waals surface area contributed by atoms with E-state index in [1.54, 1.807) is 29.4 Å². The fourth-order valence-corrected chi connectivity index (χ4v) is 6.33. The van der Waals surface area contributed by atoms with Gasteiger partial charge in [0.25, 0.3) is 0 Å². The summed E-state index contributed by atoms with van der Waals surface area (Å²) in [6.45, 7) is 4.36. The van der Waals surface area contributed by atoms with Gasteiger partial charge in [0.2, 0.25) is 5.91 Å². The first kappa shape index (κ1) is 24.8. The van der Waals surface area contributed by atoms with E-state index in [2.05, 4.69) is 17.1 Å². The molecule has 4 rings (SSSR count). The smallest absolute Gasteiger partial charge is 0.229 e. The number of nitrogens with zero attached hydrogens (tertiary/aromatic N) is 3. The molecule has 7 nitrogen and oxygen atoms in total. The number of amides is 1. The van der Waals surface area contributed by atoms with E-state index < -0.39 is 9.84 Å². The van der Waals surface area contributed by atoms with E-state index in [-0.39, 0.29) is 29.4 Å². The SMILES string of the molecule is COc1ccc(S(=O)(=O)CCCC(=O)N(Cc2cccnc2)c2nc3c(C)cc(C)cc3s2)cc1. The maximum Gasteiger partial charge on any atom is 0.229 e. The van der Waals surface area contributed by atoms with E-state index in [0.717, 1.165) is 26.9 Å². The van der Waals surface area contributed by atoms with Crippen molar-refractivity contribution in [2.75, 3.05) is 17.8 Å². The Labute approximate surface area is 209 Å². The molecule has 0 radical (unpaired) electrons. The first-order valence-corrected chi connectivity index (χ1v) is 13.7. The summed E-state index contributed by atoms with van der Waals surface area (Å²) in [6.07, 6.45) is 3.70. The van der Waals surface area contributed by atoms with Gasteiger partial charge >= 0.3 is 0 Å². The van der Waals surface area contributed by atoms with Crippen LogP contribution in [0.2, 0.25) is 0 Å². The van der Waals surface area contributed by atoms with Crippen molar-refractivity contribution in [3.05, 3.63) is 77.6 Å². The first-order valence-electron chi connectivity index (χ1n) is 11.2. The Kier molecular flexibility index (Phi) is 7.47. The molecule has 0 aliphatic rings. The van der Waals surface area contributed by atoms with E-state index in [1.165, 1.54) is 30.6 Å². The average molecular weight is 510 g/mol. The number of aromatic nitrogens is 2. The highest BCUT2D eigenvalue weighted by Crippen LogP contribution is 2.33. The summed E-state index contributed by atoms with van der Waals surface area (Å²) in [7, 11) is -1.98. The minimum absolute atomic E-state index is 0.0869. The summed E-state index contributed by atoms with van der Waals surface area (Å²) in [5, 5.41) is 0.598. The highest BCUT2D eigenvalue weighted by Gasteiger charge is 2.22.